The van der Waals surface area contributed by atoms with E-state index in [2.05, 4.69) is 20.8 Å². The summed E-state index contributed by atoms with van der Waals surface area (Å²) in [6.07, 6.45) is 0.801. The highest BCUT2D eigenvalue weighted by Gasteiger charge is 2.27. The number of nitrogens with one attached hydrogen (secondary N) is 3. The van der Waals surface area contributed by atoms with Gasteiger partial charge in [-0.2, -0.15) is 5.10 Å². The summed E-state index contributed by atoms with van der Waals surface area (Å²) in [4.78, 5) is 23.0. The molecule has 2 aromatic rings. The van der Waals surface area contributed by atoms with Crippen LogP contribution in [0.25, 0.3) is 10.9 Å². The van der Waals surface area contributed by atoms with Crippen molar-refractivity contribution in [2.24, 2.45) is 0 Å². The molecule has 2 amide bonds. The molecule has 1 unspecified atom stereocenters. The normalized spacial score (nSPS) is 18.6. The van der Waals surface area contributed by atoms with Crippen molar-refractivity contribution in [3.8, 4) is 0 Å². The molecule has 0 spiro atoms. The number of aromatic amines is 1. The molecule has 0 radical (unpaired) electrons. The predicted molar refractivity (Wildman–Crippen MR) is 65.8 cm³/mol. The minimum Gasteiger partial charge on any atom is -0.344 e. The van der Waals surface area contributed by atoms with Gasteiger partial charge in [0.15, 0.2) is 5.82 Å². The lowest BCUT2D eigenvalue weighted by molar-refractivity contribution is -0.122. The summed E-state index contributed by atoms with van der Waals surface area (Å²) < 4.78 is 13.2. The standard InChI is InChI=1S/C12H11FN4O2/c13-6-1-2-8-7(5-6)11(17-16-8)15-12(19)9-3-4-10(18)14-9/h1-2,5,9H,3-4H2,(H,14,18)(H2,15,16,17,19). The van der Waals surface area contributed by atoms with E-state index in [0.717, 1.165) is 0 Å². The van der Waals surface area contributed by atoms with E-state index < -0.39 is 11.9 Å². The molecular formula is C12H11FN4O2. The van der Waals surface area contributed by atoms with Gasteiger partial charge in [-0.3, -0.25) is 14.7 Å². The smallest absolute Gasteiger partial charge is 0.248 e. The molecule has 3 N–H and O–H groups in total. The molecule has 1 fully saturated rings. The molecule has 1 aliphatic heterocycles. The quantitative estimate of drug-likeness (QED) is 0.752. The highest BCUT2D eigenvalue weighted by Crippen LogP contribution is 2.21. The first-order valence-electron chi connectivity index (χ1n) is 5.87. The van der Waals surface area contributed by atoms with Gasteiger partial charge in [-0.1, -0.05) is 0 Å². The van der Waals surface area contributed by atoms with E-state index in [0.29, 0.717) is 23.7 Å². The zero-order chi connectivity index (χ0) is 13.4. The molecule has 1 aromatic heterocycles. The number of anilines is 1. The Balaban J connectivity index is 1.83. The van der Waals surface area contributed by atoms with Gasteiger partial charge in [0.25, 0.3) is 0 Å². The molecule has 1 saturated heterocycles. The Morgan fingerprint density at radius 1 is 1.47 bits per heavy atom. The van der Waals surface area contributed by atoms with Crippen LogP contribution in [0, 0.1) is 5.82 Å². The number of carbonyl (C=O) groups is 2. The van der Waals surface area contributed by atoms with Crippen molar-refractivity contribution in [3.63, 3.8) is 0 Å². The second-order valence-electron chi connectivity index (χ2n) is 4.41. The third-order valence-electron chi connectivity index (χ3n) is 3.08. The van der Waals surface area contributed by atoms with Crippen molar-refractivity contribution in [1.82, 2.24) is 15.5 Å². The van der Waals surface area contributed by atoms with Gasteiger partial charge >= 0.3 is 0 Å². The summed E-state index contributed by atoms with van der Waals surface area (Å²) in [5, 5.41) is 12.3. The maximum Gasteiger partial charge on any atom is 0.248 e. The first-order chi connectivity index (χ1) is 9.13. The van der Waals surface area contributed by atoms with Crippen LogP contribution in [0.1, 0.15) is 12.8 Å². The molecule has 98 valence electrons. The highest BCUT2D eigenvalue weighted by atomic mass is 19.1. The number of nitrogens with zero attached hydrogens (tertiary/aromatic N) is 1. The number of aromatic nitrogens is 2. The molecule has 1 aliphatic rings. The zero-order valence-electron chi connectivity index (χ0n) is 9.87. The molecule has 6 nitrogen and oxygen atoms in total. The number of hydrogen-bond acceptors (Lipinski definition) is 3. The first-order valence-corrected chi connectivity index (χ1v) is 5.87. The first kappa shape index (κ1) is 11.6. The third kappa shape index (κ3) is 2.14. The topological polar surface area (TPSA) is 86.9 Å². The van der Waals surface area contributed by atoms with Crippen LogP contribution in [0.4, 0.5) is 10.2 Å². The molecule has 1 atom stereocenters. The van der Waals surface area contributed by atoms with Gasteiger partial charge in [-0.25, -0.2) is 4.39 Å². The largest absolute Gasteiger partial charge is 0.344 e. The lowest BCUT2D eigenvalue weighted by Crippen LogP contribution is -2.37. The lowest BCUT2D eigenvalue weighted by Gasteiger charge is -2.09. The summed E-state index contributed by atoms with van der Waals surface area (Å²) in [7, 11) is 0. The number of amides is 2. The van der Waals surface area contributed by atoms with Crippen molar-refractivity contribution in [3.05, 3.63) is 24.0 Å². The number of carbonyl (C=O) groups excluding carboxylic acids is 2. The molecule has 2 heterocycles. The van der Waals surface area contributed by atoms with Crippen LogP contribution >= 0.6 is 0 Å². The predicted octanol–water partition coefficient (Wildman–Crippen LogP) is 0.919. The van der Waals surface area contributed by atoms with Crippen molar-refractivity contribution in [2.45, 2.75) is 18.9 Å². The van der Waals surface area contributed by atoms with Crippen molar-refractivity contribution in [1.29, 1.82) is 0 Å². The fraction of sp³-hybridized carbons (Fsp3) is 0.250. The van der Waals surface area contributed by atoms with Gasteiger partial charge in [-0.05, 0) is 24.6 Å². The Labute approximate surface area is 107 Å². The Morgan fingerprint density at radius 2 is 2.32 bits per heavy atom. The van der Waals surface area contributed by atoms with E-state index in [1.807, 2.05) is 0 Å². The molecular weight excluding hydrogens is 251 g/mol. The van der Waals surface area contributed by atoms with Gasteiger partial charge < -0.3 is 10.6 Å². The fourth-order valence-electron chi connectivity index (χ4n) is 2.10. The summed E-state index contributed by atoms with van der Waals surface area (Å²) >= 11 is 0. The minimum atomic E-state index is -0.548. The minimum absolute atomic E-state index is 0.141. The van der Waals surface area contributed by atoms with Crippen LogP contribution in [0.3, 0.4) is 0 Å². The van der Waals surface area contributed by atoms with Crippen LogP contribution in [-0.4, -0.2) is 28.1 Å². The van der Waals surface area contributed by atoms with E-state index in [-0.39, 0.29) is 17.6 Å². The van der Waals surface area contributed by atoms with E-state index >= 15 is 0 Å². The third-order valence-corrected chi connectivity index (χ3v) is 3.08. The Morgan fingerprint density at radius 3 is 3.05 bits per heavy atom. The number of rotatable bonds is 2. The van der Waals surface area contributed by atoms with E-state index in [1.54, 1.807) is 6.07 Å². The molecule has 7 heteroatoms. The van der Waals surface area contributed by atoms with E-state index in [1.165, 1.54) is 12.1 Å². The number of H-pyrrole nitrogens is 1. The van der Waals surface area contributed by atoms with Crippen molar-refractivity contribution >= 4 is 28.5 Å². The van der Waals surface area contributed by atoms with Crippen LogP contribution in [0.5, 0.6) is 0 Å². The maximum absolute atomic E-state index is 13.2. The maximum atomic E-state index is 13.2. The van der Waals surface area contributed by atoms with E-state index in [9.17, 15) is 14.0 Å². The van der Waals surface area contributed by atoms with Gasteiger partial charge in [0.2, 0.25) is 11.8 Å². The molecule has 19 heavy (non-hydrogen) atoms. The molecule has 3 rings (SSSR count). The Bertz CT molecular complexity index is 667. The number of halogens is 1. The summed E-state index contributed by atoms with van der Waals surface area (Å²) in [6.45, 7) is 0. The molecule has 1 aromatic carbocycles. The fourth-order valence-corrected chi connectivity index (χ4v) is 2.10. The zero-order valence-corrected chi connectivity index (χ0v) is 9.87. The Hall–Kier alpha value is -2.44. The van der Waals surface area contributed by atoms with Crippen LogP contribution in [-0.2, 0) is 9.59 Å². The van der Waals surface area contributed by atoms with Crippen molar-refractivity contribution < 1.29 is 14.0 Å². The highest BCUT2D eigenvalue weighted by molar-refractivity contribution is 6.03. The summed E-state index contributed by atoms with van der Waals surface area (Å²) in [5.74, 6) is -0.624. The van der Waals surface area contributed by atoms with Crippen LogP contribution < -0.4 is 10.6 Å². The summed E-state index contributed by atoms with van der Waals surface area (Å²) in [5.41, 5.74) is 0.632. The van der Waals surface area contributed by atoms with Gasteiger partial charge in [0.1, 0.15) is 11.9 Å². The van der Waals surface area contributed by atoms with Gasteiger partial charge in [-0.15, -0.1) is 0 Å². The van der Waals surface area contributed by atoms with E-state index in [4.69, 9.17) is 0 Å². The van der Waals surface area contributed by atoms with Gasteiger partial charge in [0.05, 0.1) is 5.52 Å². The average molecular weight is 262 g/mol. The SMILES string of the molecule is O=C1CCC(C(=O)Nc2n[nH]c3ccc(F)cc23)N1. The molecule has 0 saturated carbocycles. The molecule has 0 bridgehead atoms. The second-order valence-corrected chi connectivity index (χ2v) is 4.41. The number of hydrogen-bond donors (Lipinski definition) is 3. The molecule has 0 aliphatic carbocycles. The monoisotopic (exact) mass is 262 g/mol. The Kier molecular flexibility index (Phi) is 2.66. The second kappa shape index (κ2) is 4.34. The van der Waals surface area contributed by atoms with Gasteiger partial charge in [0, 0.05) is 11.8 Å². The van der Waals surface area contributed by atoms with Crippen LogP contribution in [0.15, 0.2) is 18.2 Å². The average Bonchev–Trinajstić information content (AvgIpc) is 2.97. The van der Waals surface area contributed by atoms with Crippen molar-refractivity contribution in [2.75, 3.05) is 5.32 Å². The number of benzene rings is 1. The lowest BCUT2D eigenvalue weighted by atomic mass is 10.2. The van der Waals surface area contributed by atoms with Crippen LogP contribution in [0.2, 0.25) is 0 Å². The number of fused-ring (bicyclic) bond motifs is 1. The summed E-state index contributed by atoms with van der Waals surface area (Å²) in [6, 6.07) is 3.60.